The van der Waals surface area contributed by atoms with Crippen molar-refractivity contribution in [3.63, 3.8) is 0 Å². The summed E-state index contributed by atoms with van der Waals surface area (Å²) in [6.07, 6.45) is 2.21. The number of rotatable bonds is 4. The van der Waals surface area contributed by atoms with Gasteiger partial charge in [-0.15, -0.1) is 0 Å². The van der Waals surface area contributed by atoms with E-state index in [2.05, 4.69) is 29.3 Å². The number of carbonyl (C=O) groups is 1. The van der Waals surface area contributed by atoms with E-state index in [9.17, 15) is 4.79 Å². The number of aromatic nitrogens is 2. The molecule has 3 rings (SSSR count). The molecule has 130 valence electrons. The first-order chi connectivity index (χ1) is 11.5. The third kappa shape index (κ3) is 3.15. The van der Waals surface area contributed by atoms with E-state index in [1.165, 1.54) is 6.42 Å². The van der Waals surface area contributed by atoms with Crippen molar-refractivity contribution in [3.05, 3.63) is 23.0 Å². The molecule has 6 heteroatoms. The van der Waals surface area contributed by atoms with E-state index in [4.69, 9.17) is 4.52 Å². The van der Waals surface area contributed by atoms with Crippen molar-refractivity contribution >= 4 is 17.0 Å². The molecular formula is C18H26N4O2. The highest BCUT2D eigenvalue weighted by molar-refractivity contribution is 6.06. The summed E-state index contributed by atoms with van der Waals surface area (Å²) in [4.78, 5) is 19.7. The molecule has 1 fully saturated rings. The molecule has 3 heterocycles. The normalized spacial score (nSPS) is 18.5. The number of nitrogens with zero attached hydrogens (tertiary/aromatic N) is 3. The Morgan fingerprint density at radius 3 is 3.00 bits per heavy atom. The van der Waals surface area contributed by atoms with Gasteiger partial charge in [-0.05, 0) is 51.3 Å². The Labute approximate surface area is 142 Å². The molecule has 0 spiro atoms. The monoisotopic (exact) mass is 330 g/mol. The van der Waals surface area contributed by atoms with Gasteiger partial charge >= 0.3 is 0 Å². The highest BCUT2D eigenvalue weighted by Crippen LogP contribution is 2.27. The van der Waals surface area contributed by atoms with E-state index in [-0.39, 0.29) is 11.8 Å². The fourth-order valence-corrected chi connectivity index (χ4v) is 3.45. The van der Waals surface area contributed by atoms with E-state index in [0.717, 1.165) is 42.8 Å². The molecule has 0 aliphatic carbocycles. The largest absolute Gasteiger partial charge is 0.338 e. The van der Waals surface area contributed by atoms with Gasteiger partial charge in [0.05, 0.1) is 16.6 Å². The molecule has 2 aromatic heterocycles. The second-order valence-electron chi connectivity index (χ2n) is 7.01. The van der Waals surface area contributed by atoms with E-state index >= 15 is 0 Å². The van der Waals surface area contributed by atoms with Gasteiger partial charge in [0, 0.05) is 18.8 Å². The summed E-state index contributed by atoms with van der Waals surface area (Å²) in [6.45, 7) is 8.54. The highest BCUT2D eigenvalue weighted by atomic mass is 16.5. The number of aryl methyl sites for hydroxylation is 1. The lowest BCUT2D eigenvalue weighted by molar-refractivity contribution is 0.0676. The Morgan fingerprint density at radius 1 is 1.50 bits per heavy atom. The van der Waals surface area contributed by atoms with Crippen LogP contribution in [0.15, 0.2) is 10.6 Å². The van der Waals surface area contributed by atoms with Crippen LogP contribution in [-0.4, -0.2) is 47.6 Å². The Kier molecular flexibility index (Phi) is 4.85. The Balaban J connectivity index is 1.98. The summed E-state index contributed by atoms with van der Waals surface area (Å²) < 4.78 is 5.34. The summed E-state index contributed by atoms with van der Waals surface area (Å²) in [7, 11) is 1.96. The van der Waals surface area contributed by atoms with E-state index in [1.807, 2.05) is 24.9 Å². The highest BCUT2D eigenvalue weighted by Gasteiger charge is 2.27. The minimum Gasteiger partial charge on any atom is -0.338 e. The molecule has 0 saturated carbocycles. The van der Waals surface area contributed by atoms with Crippen molar-refractivity contribution in [3.8, 4) is 0 Å². The second-order valence-corrected chi connectivity index (χ2v) is 7.01. The Hall–Kier alpha value is -1.95. The molecule has 0 aromatic carbocycles. The van der Waals surface area contributed by atoms with Crippen LogP contribution in [0.4, 0.5) is 0 Å². The summed E-state index contributed by atoms with van der Waals surface area (Å²) in [5, 5.41) is 7.98. The number of pyridine rings is 1. The summed E-state index contributed by atoms with van der Waals surface area (Å²) in [5.41, 5.74) is 2.73. The van der Waals surface area contributed by atoms with Gasteiger partial charge in [-0.1, -0.05) is 19.0 Å². The summed E-state index contributed by atoms with van der Waals surface area (Å²) in [6, 6.07) is 1.92. The number of carbonyl (C=O) groups excluding carboxylic acids is 1. The molecular weight excluding hydrogens is 304 g/mol. The van der Waals surface area contributed by atoms with Gasteiger partial charge < -0.3 is 14.7 Å². The van der Waals surface area contributed by atoms with Gasteiger partial charge in [0.25, 0.3) is 11.6 Å². The SMILES string of the molecule is CNCC1CCCN(C(=O)c2cc(C(C)C)nc3onc(C)c23)C1. The number of nitrogens with one attached hydrogen (secondary N) is 1. The fourth-order valence-electron chi connectivity index (χ4n) is 3.45. The predicted molar refractivity (Wildman–Crippen MR) is 93.2 cm³/mol. The molecule has 0 radical (unpaired) electrons. The van der Waals surface area contributed by atoms with Crippen molar-refractivity contribution in [2.75, 3.05) is 26.7 Å². The van der Waals surface area contributed by atoms with Crippen LogP contribution in [0.3, 0.4) is 0 Å². The van der Waals surface area contributed by atoms with Gasteiger partial charge in [-0.3, -0.25) is 4.79 Å². The average molecular weight is 330 g/mol. The fraction of sp³-hybridized carbons (Fsp3) is 0.611. The standard InChI is InChI=1S/C18H26N4O2/c1-11(2)15-8-14(16-12(3)21-24-17(16)20-15)18(23)22-7-5-6-13(10-22)9-19-4/h8,11,13,19H,5-7,9-10H2,1-4H3. The molecule has 1 aliphatic rings. The molecule has 1 aliphatic heterocycles. The van der Waals surface area contributed by atoms with Crippen LogP contribution in [0.2, 0.25) is 0 Å². The predicted octanol–water partition coefficient (Wildman–Crippen LogP) is 2.73. The summed E-state index contributed by atoms with van der Waals surface area (Å²) >= 11 is 0. The van der Waals surface area contributed by atoms with Gasteiger partial charge in [0.15, 0.2) is 0 Å². The van der Waals surface area contributed by atoms with Crippen LogP contribution < -0.4 is 5.32 Å². The first kappa shape index (κ1) is 16.9. The molecule has 6 nitrogen and oxygen atoms in total. The smallest absolute Gasteiger partial charge is 0.259 e. The maximum absolute atomic E-state index is 13.2. The lowest BCUT2D eigenvalue weighted by atomic mass is 9.96. The maximum atomic E-state index is 13.2. The van der Waals surface area contributed by atoms with Crippen LogP contribution in [0.5, 0.6) is 0 Å². The van der Waals surface area contributed by atoms with Crippen LogP contribution >= 0.6 is 0 Å². The van der Waals surface area contributed by atoms with Crippen LogP contribution in [-0.2, 0) is 0 Å². The third-order valence-corrected chi connectivity index (χ3v) is 4.76. The zero-order valence-electron chi connectivity index (χ0n) is 14.9. The molecule has 1 N–H and O–H groups in total. The second kappa shape index (κ2) is 6.89. The molecule has 0 bridgehead atoms. The molecule has 2 aromatic rings. The van der Waals surface area contributed by atoms with E-state index < -0.39 is 0 Å². The zero-order valence-corrected chi connectivity index (χ0v) is 14.9. The molecule has 1 amide bonds. The van der Waals surface area contributed by atoms with Crippen molar-refractivity contribution in [1.29, 1.82) is 0 Å². The van der Waals surface area contributed by atoms with Crippen LogP contribution in [0.25, 0.3) is 11.1 Å². The van der Waals surface area contributed by atoms with Crippen molar-refractivity contribution < 1.29 is 9.32 Å². The van der Waals surface area contributed by atoms with Gasteiger partial charge in [-0.2, -0.15) is 0 Å². The molecule has 1 saturated heterocycles. The van der Waals surface area contributed by atoms with Crippen molar-refractivity contribution in [2.24, 2.45) is 5.92 Å². The lowest BCUT2D eigenvalue weighted by Gasteiger charge is -2.33. The van der Waals surface area contributed by atoms with Gasteiger partial charge in [0.1, 0.15) is 0 Å². The van der Waals surface area contributed by atoms with E-state index in [1.54, 1.807) is 0 Å². The minimum atomic E-state index is 0.0661. The number of likely N-dealkylation sites (tertiary alicyclic amines) is 1. The number of hydrogen-bond donors (Lipinski definition) is 1. The Morgan fingerprint density at radius 2 is 2.29 bits per heavy atom. The quantitative estimate of drug-likeness (QED) is 0.933. The first-order valence-corrected chi connectivity index (χ1v) is 8.72. The van der Waals surface area contributed by atoms with Gasteiger partial charge in [-0.25, -0.2) is 4.98 Å². The molecule has 24 heavy (non-hydrogen) atoms. The van der Waals surface area contributed by atoms with Crippen molar-refractivity contribution in [1.82, 2.24) is 20.4 Å². The lowest BCUT2D eigenvalue weighted by Crippen LogP contribution is -2.42. The number of amides is 1. The summed E-state index contributed by atoms with van der Waals surface area (Å²) in [5.74, 6) is 0.805. The number of piperidine rings is 1. The molecule has 1 atom stereocenters. The first-order valence-electron chi connectivity index (χ1n) is 8.72. The average Bonchev–Trinajstić information content (AvgIpc) is 2.95. The zero-order chi connectivity index (χ0) is 17.3. The third-order valence-electron chi connectivity index (χ3n) is 4.76. The van der Waals surface area contributed by atoms with Crippen molar-refractivity contribution in [2.45, 2.75) is 39.5 Å². The minimum absolute atomic E-state index is 0.0661. The molecule has 1 unspecified atom stereocenters. The van der Waals surface area contributed by atoms with E-state index in [0.29, 0.717) is 17.2 Å². The Bertz CT molecular complexity index is 736. The maximum Gasteiger partial charge on any atom is 0.259 e. The van der Waals surface area contributed by atoms with Crippen LogP contribution in [0.1, 0.15) is 54.4 Å². The van der Waals surface area contributed by atoms with Gasteiger partial charge in [0.2, 0.25) is 0 Å². The number of hydrogen-bond acceptors (Lipinski definition) is 5. The number of fused-ring (bicyclic) bond motifs is 1. The topological polar surface area (TPSA) is 71.3 Å². The van der Waals surface area contributed by atoms with Crippen LogP contribution in [0, 0.1) is 12.8 Å².